The monoisotopic (exact) mass is 484 g/mol. The highest BCUT2D eigenvalue weighted by Gasteiger charge is 2.24. The first-order valence-electron chi connectivity index (χ1n) is 10.2. The van der Waals surface area contributed by atoms with Crippen LogP contribution < -0.4 is 27.2 Å². The van der Waals surface area contributed by atoms with Gasteiger partial charge in [0.2, 0.25) is 5.95 Å². The van der Waals surface area contributed by atoms with E-state index in [2.05, 4.69) is 25.9 Å². The molecule has 176 valence electrons. The maximum atomic E-state index is 12.7. The van der Waals surface area contributed by atoms with Gasteiger partial charge >= 0.3 is 0 Å². The number of carbonyl (C=O) groups excluding carboxylic acids is 1. The third-order valence-electron chi connectivity index (χ3n) is 5.16. The highest BCUT2D eigenvalue weighted by molar-refractivity contribution is 7.92. The molecule has 10 nitrogen and oxygen atoms in total. The summed E-state index contributed by atoms with van der Waals surface area (Å²) in [6.07, 6.45) is 3.26. The van der Waals surface area contributed by atoms with Gasteiger partial charge in [0.15, 0.2) is 15.7 Å². The summed E-state index contributed by atoms with van der Waals surface area (Å²) in [7, 11) is -3.62. The topological polar surface area (TPSA) is 159 Å². The Bertz CT molecular complexity index is 1110. The highest BCUT2D eigenvalue weighted by atomic mass is 35.5. The minimum atomic E-state index is -3.62. The lowest BCUT2D eigenvalue weighted by molar-refractivity contribution is 0.0999. The number of carbonyl (C=O) groups is 1. The first kappa shape index (κ1) is 25.6. The molecule has 1 saturated heterocycles. The predicted molar refractivity (Wildman–Crippen MR) is 127 cm³/mol. The Morgan fingerprint density at radius 3 is 2.62 bits per heavy atom. The largest absolute Gasteiger partial charge is 0.365 e. The van der Waals surface area contributed by atoms with Crippen molar-refractivity contribution in [3.05, 3.63) is 40.2 Å². The number of H-pyrrole nitrogens is 1. The Morgan fingerprint density at radius 1 is 1.28 bits per heavy atom. The number of rotatable bonds is 8. The molecule has 12 heteroatoms. The van der Waals surface area contributed by atoms with E-state index >= 15 is 0 Å². The van der Waals surface area contributed by atoms with Gasteiger partial charge in [-0.1, -0.05) is 18.6 Å². The van der Waals surface area contributed by atoms with E-state index in [-0.39, 0.29) is 46.4 Å². The van der Waals surface area contributed by atoms with Crippen molar-refractivity contribution in [1.29, 1.82) is 0 Å². The predicted octanol–water partition coefficient (Wildman–Crippen LogP) is 1.77. The molecule has 6 N–H and O–H groups in total. The van der Waals surface area contributed by atoms with Gasteiger partial charge in [-0.05, 0) is 45.4 Å². The number of hydrogen-bond donors (Lipinski definition) is 5. The van der Waals surface area contributed by atoms with Gasteiger partial charge in [-0.15, -0.1) is 12.4 Å². The number of aromatic amines is 1. The third kappa shape index (κ3) is 5.78. The highest BCUT2D eigenvalue weighted by Crippen LogP contribution is 2.28. The van der Waals surface area contributed by atoms with E-state index < -0.39 is 26.6 Å². The third-order valence-corrected chi connectivity index (χ3v) is 7.37. The van der Waals surface area contributed by atoms with Crippen LogP contribution in [-0.4, -0.2) is 48.7 Å². The Hall–Kier alpha value is -2.63. The van der Waals surface area contributed by atoms with Crippen LogP contribution in [0.25, 0.3) is 0 Å². The molecule has 1 aromatic carbocycles. The summed E-state index contributed by atoms with van der Waals surface area (Å²) in [5.74, 6) is -0.920. The molecular weight excluding hydrogens is 456 g/mol. The Morgan fingerprint density at radius 2 is 2.00 bits per heavy atom. The standard InChI is InChI=1S/C20H28N6O4S.ClH/c1-12(2)31(29,30)15-9-4-3-8-14(15)24-18-16(17(21)27)19(28)26-20(25-18)23-11-13-7-5-6-10-22-13;/h3-4,8-9,12-13,22H,5-7,10-11H2,1-2H3,(H2,21,27)(H3,23,24,25,26,28);1H. The lowest BCUT2D eigenvalue weighted by Crippen LogP contribution is -2.39. The zero-order chi connectivity index (χ0) is 22.6. The summed E-state index contributed by atoms with van der Waals surface area (Å²) in [5, 5.41) is 8.64. The number of para-hydroxylation sites is 1. The molecule has 1 fully saturated rings. The number of nitrogens with two attached hydrogens (primary N) is 1. The van der Waals surface area contributed by atoms with Gasteiger partial charge in [-0.3, -0.25) is 14.6 Å². The minimum absolute atomic E-state index is 0. The van der Waals surface area contributed by atoms with E-state index in [1.807, 2.05) is 0 Å². The van der Waals surface area contributed by atoms with E-state index in [0.717, 1.165) is 25.8 Å². The van der Waals surface area contributed by atoms with Gasteiger partial charge in [0.25, 0.3) is 11.5 Å². The van der Waals surface area contributed by atoms with Crippen LogP contribution in [0.3, 0.4) is 0 Å². The van der Waals surface area contributed by atoms with Crippen LogP contribution in [0.1, 0.15) is 43.5 Å². The fourth-order valence-electron chi connectivity index (χ4n) is 3.39. The number of benzene rings is 1. The molecular formula is C20H29ClN6O4S. The molecule has 0 radical (unpaired) electrons. The number of amides is 1. The summed E-state index contributed by atoms with van der Waals surface area (Å²) >= 11 is 0. The van der Waals surface area contributed by atoms with Gasteiger partial charge in [0.1, 0.15) is 5.56 Å². The number of nitrogens with zero attached hydrogens (tertiary/aromatic N) is 1. The van der Waals surface area contributed by atoms with Crippen LogP contribution in [-0.2, 0) is 9.84 Å². The second-order valence-corrected chi connectivity index (χ2v) is 10.2. The van der Waals surface area contributed by atoms with Crippen molar-refractivity contribution >= 4 is 45.6 Å². The molecule has 32 heavy (non-hydrogen) atoms. The van der Waals surface area contributed by atoms with Crippen molar-refractivity contribution in [2.24, 2.45) is 5.73 Å². The van der Waals surface area contributed by atoms with Crippen LogP contribution in [0.2, 0.25) is 0 Å². The van der Waals surface area contributed by atoms with Crippen LogP contribution in [0.15, 0.2) is 34.0 Å². The number of halogens is 1. The molecule has 0 aliphatic carbocycles. The van der Waals surface area contributed by atoms with Crippen molar-refractivity contribution in [3.8, 4) is 0 Å². The maximum Gasteiger partial charge on any atom is 0.267 e. The fraction of sp³-hybridized carbons (Fsp3) is 0.450. The van der Waals surface area contributed by atoms with Crippen LogP contribution >= 0.6 is 12.4 Å². The maximum absolute atomic E-state index is 12.7. The molecule has 1 aliphatic rings. The number of anilines is 3. The molecule has 1 atom stereocenters. The molecule has 1 amide bonds. The summed E-state index contributed by atoms with van der Waals surface area (Å²) in [5.41, 5.74) is 4.51. The lowest BCUT2D eigenvalue weighted by atomic mass is 10.1. The number of sulfone groups is 1. The van der Waals surface area contributed by atoms with E-state index in [1.54, 1.807) is 32.0 Å². The first-order valence-corrected chi connectivity index (χ1v) is 11.8. The normalized spacial score (nSPS) is 16.3. The smallest absolute Gasteiger partial charge is 0.267 e. The van der Waals surface area contributed by atoms with Gasteiger partial charge < -0.3 is 21.7 Å². The van der Waals surface area contributed by atoms with Gasteiger partial charge in [-0.2, -0.15) is 4.98 Å². The van der Waals surface area contributed by atoms with Crippen molar-refractivity contribution in [1.82, 2.24) is 15.3 Å². The quantitative estimate of drug-likeness (QED) is 0.379. The molecule has 2 heterocycles. The Balaban J connectivity index is 0.00000363. The average molecular weight is 485 g/mol. The zero-order valence-electron chi connectivity index (χ0n) is 18.0. The van der Waals surface area contributed by atoms with E-state index in [9.17, 15) is 18.0 Å². The van der Waals surface area contributed by atoms with Crippen LogP contribution in [0, 0.1) is 0 Å². The van der Waals surface area contributed by atoms with Crippen LogP contribution in [0.5, 0.6) is 0 Å². The van der Waals surface area contributed by atoms with Gasteiger partial charge in [0.05, 0.1) is 15.8 Å². The van der Waals surface area contributed by atoms with Crippen molar-refractivity contribution < 1.29 is 13.2 Å². The number of aromatic nitrogens is 2. The number of piperidine rings is 1. The number of nitrogens with one attached hydrogen (secondary N) is 4. The minimum Gasteiger partial charge on any atom is -0.365 e. The molecule has 2 aromatic rings. The zero-order valence-corrected chi connectivity index (χ0v) is 19.6. The van der Waals surface area contributed by atoms with Crippen LogP contribution in [0.4, 0.5) is 17.5 Å². The molecule has 1 aromatic heterocycles. The van der Waals surface area contributed by atoms with Gasteiger partial charge in [-0.25, -0.2) is 8.42 Å². The molecule has 0 saturated carbocycles. The molecule has 0 bridgehead atoms. The SMILES string of the molecule is CC(C)S(=O)(=O)c1ccccc1Nc1nc(NCC2CCCCN2)[nH]c(=O)c1C(N)=O.Cl. The van der Waals surface area contributed by atoms with Gasteiger partial charge in [0, 0.05) is 12.6 Å². The average Bonchev–Trinajstić information content (AvgIpc) is 2.72. The summed E-state index contributed by atoms with van der Waals surface area (Å²) in [6, 6.07) is 6.49. The van der Waals surface area contributed by atoms with Crippen molar-refractivity contribution in [3.63, 3.8) is 0 Å². The molecule has 3 rings (SSSR count). The number of primary amides is 1. The van der Waals surface area contributed by atoms with E-state index in [1.165, 1.54) is 6.07 Å². The Kier molecular flexibility index (Phi) is 8.65. The van der Waals surface area contributed by atoms with E-state index in [4.69, 9.17) is 5.73 Å². The lowest BCUT2D eigenvalue weighted by Gasteiger charge is -2.23. The first-order chi connectivity index (χ1) is 14.7. The van der Waals surface area contributed by atoms with Crippen molar-refractivity contribution in [2.45, 2.75) is 49.3 Å². The Labute approximate surface area is 193 Å². The summed E-state index contributed by atoms with van der Waals surface area (Å²) in [6.45, 7) is 4.63. The van der Waals surface area contributed by atoms with E-state index in [0.29, 0.717) is 6.54 Å². The molecule has 1 aliphatic heterocycles. The van der Waals surface area contributed by atoms with Crippen molar-refractivity contribution in [2.75, 3.05) is 23.7 Å². The molecule has 1 unspecified atom stereocenters. The molecule has 0 spiro atoms. The summed E-state index contributed by atoms with van der Waals surface area (Å²) in [4.78, 5) is 31.3. The summed E-state index contributed by atoms with van der Waals surface area (Å²) < 4.78 is 25.5. The second-order valence-electron chi connectivity index (χ2n) is 7.75. The second kappa shape index (κ2) is 10.8. The number of hydrogen-bond acceptors (Lipinski definition) is 8. The fourth-order valence-corrected chi connectivity index (χ4v) is 4.60.